The Labute approximate surface area is 308 Å². The second-order valence-electron chi connectivity index (χ2n) is 17.4. The van der Waals surface area contributed by atoms with Crippen molar-refractivity contribution in [1.29, 1.82) is 0 Å². The number of carbonyl (C=O) groups is 5. The number of rotatable bonds is 13. The van der Waals surface area contributed by atoms with Crippen molar-refractivity contribution in [3.05, 3.63) is 0 Å². The first-order valence-electron chi connectivity index (χ1n) is 18.7. The number of ketones is 1. The molecule has 0 bridgehead atoms. The van der Waals surface area contributed by atoms with E-state index in [1.807, 2.05) is 41.5 Å². The highest BCUT2D eigenvalue weighted by Gasteiger charge is 2.70. The van der Waals surface area contributed by atoms with Gasteiger partial charge in [-0.15, -0.1) is 0 Å². The van der Waals surface area contributed by atoms with Gasteiger partial charge in [0, 0.05) is 6.54 Å². The van der Waals surface area contributed by atoms with E-state index in [1.54, 1.807) is 20.8 Å². The topological polar surface area (TPSA) is 185 Å². The lowest BCUT2D eigenvalue weighted by Crippen LogP contribution is -2.64. The maximum absolute atomic E-state index is 14.3. The molecule has 3 fully saturated rings. The van der Waals surface area contributed by atoms with E-state index in [2.05, 4.69) is 29.8 Å². The van der Waals surface area contributed by atoms with Crippen molar-refractivity contribution >= 4 is 39.4 Å². The molecule has 13 heteroatoms. The molecule has 3 aliphatic rings. The van der Waals surface area contributed by atoms with Gasteiger partial charge in [0.05, 0.1) is 22.1 Å². The van der Waals surface area contributed by atoms with Gasteiger partial charge in [-0.1, -0.05) is 108 Å². The Morgan fingerprint density at radius 3 is 1.88 bits per heavy atom. The number of fused-ring (bicyclic) bond motifs is 1. The lowest BCUT2D eigenvalue weighted by Gasteiger charge is -2.41. The summed E-state index contributed by atoms with van der Waals surface area (Å²) in [4.78, 5) is 67.6. The van der Waals surface area contributed by atoms with Crippen LogP contribution in [0.5, 0.6) is 0 Å². The van der Waals surface area contributed by atoms with Gasteiger partial charge in [-0.2, -0.15) is 0 Å². The minimum atomic E-state index is -3.56. The summed E-state index contributed by atoms with van der Waals surface area (Å²) >= 11 is 0. The number of nitrogens with two attached hydrogens (primary N) is 1. The van der Waals surface area contributed by atoms with E-state index in [0.29, 0.717) is 25.8 Å². The predicted molar refractivity (Wildman–Crippen MR) is 203 cm³/mol. The van der Waals surface area contributed by atoms with Crippen LogP contribution in [0.4, 0.5) is 4.79 Å². The number of hydrogen-bond donors (Lipinski definition) is 4. The maximum atomic E-state index is 14.3. The smallest absolute Gasteiger partial charge is 0.315 e. The molecule has 0 aromatic heterocycles. The highest BCUT2D eigenvalue weighted by Crippen LogP contribution is 2.65. The number of nitrogens with zero attached hydrogens (tertiary/aromatic N) is 1. The lowest BCUT2D eigenvalue weighted by molar-refractivity contribution is -0.145. The van der Waals surface area contributed by atoms with E-state index in [4.69, 9.17) is 5.73 Å². The fourth-order valence-electron chi connectivity index (χ4n) is 7.26. The van der Waals surface area contributed by atoms with Gasteiger partial charge in [0.2, 0.25) is 17.6 Å². The summed E-state index contributed by atoms with van der Waals surface area (Å²) in [6, 6.07) is -3.64. The Hall–Kier alpha value is -2.70. The fraction of sp³-hybridized carbons (Fsp3) is 0.868. The van der Waals surface area contributed by atoms with E-state index in [0.717, 1.165) is 25.7 Å². The van der Waals surface area contributed by atoms with Crippen molar-refractivity contribution in [2.45, 2.75) is 176 Å². The largest absolute Gasteiger partial charge is 0.363 e. The molecule has 0 unspecified atom stereocenters. The highest BCUT2D eigenvalue weighted by molar-refractivity contribution is 7.92. The summed E-state index contributed by atoms with van der Waals surface area (Å²) in [6.07, 6.45) is 7.77. The monoisotopic (exact) mass is 742 g/mol. The van der Waals surface area contributed by atoms with E-state index in [9.17, 15) is 32.4 Å². The molecule has 12 nitrogen and oxygen atoms in total. The van der Waals surface area contributed by atoms with Crippen LogP contribution in [0.3, 0.4) is 0 Å². The number of primary amides is 1. The third-order valence-corrected chi connectivity index (χ3v) is 13.8. The molecule has 0 aromatic carbocycles. The summed E-state index contributed by atoms with van der Waals surface area (Å²) in [6.45, 7) is 21.1. The molecular weight excluding hydrogens is 671 g/mol. The summed E-state index contributed by atoms with van der Waals surface area (Å²) in [5.74, 6) is -3.25. The van der Waals surface area contributed by atoms with Crippen molar-refractivity contribution < 1.29 is 32.4 Å². The third-order valence-electron chi connectivity index (χ3n) is 11.0. The average molecular weight is 742 g/mol. The van der Waals surface area contributed by atoms with Crippen LogP contribution in [0.15, 0.2) is 0 Å². The van der Waals surface area contributed by atoms with Gasteiger partial charge in [0.15, 0.2) is 9.84 Å². The second-order valence-corrected chi connectivity index (χ2v) is 20.2. The standard InChI is InChI=1S/C33H57N5O7S.C4H10.CH4/c1-10-11-15-21(24(39)26(34)40)35-27(41)23-22-20(32(22,8)9)18-38(23)28(42)25(30(2,3)4)36-29(43)37-33(16-13-12-14-17-33)19-46(44,45)31(5,6)7;1-3-4-2;/h20-23,25H,10-19H2,1-9H3,(H2,34,40)(H,35,41)(H2,36,37,43);3-4H2,1-2H3;1H4/t20-,21-,22-,23-,25+;;/m0../s1. The first-order valence-corrected chi connectivity index (χ1v) is 20.3. The van der Waals surface area contributed by atoms with Crippen LogP contribution in [-0.4, -0.2) is 83.6 Å². The van der Waals surface area contributed by atoms with E-state index < -0.39 is 73.2 Å². The number of amides is 5. The summed E-state index contributed by atoms with van der Waals surface area (Å²) in [7, 11) is -3.56. The van der Waals surface area contributed by atoms with Gasteiger partial charge in [0.25, 0.3) is 5.91 Å². The first-order chi connectivity index (χ1) is 22.9. The Morgan fingerprint density at radius 1 is 0.882 bits per heavy atom. The van der Waals surface area contributed by atoms with Gasteiger partial charge >= 0.3 is 6.03 Å². The molecule has 5 amide bonds. The number of Topliss-reactive ketones (excluding diaryl/α,β-unsaturated/α-hetero) is 1. The average Bonchev–Trinajstić information content (AvgIpc) is 3.31. The quantitative estimate of drug-likeness (QED) is 0.185. The molecular formula is C38H71N5O7S. The molecule has 3 rings (SSSR count). The molecule has 51 heavy (non-hydrogen) atoms. The van der Waals surface area contributed by atoms with Gasteiger partial charge in [-0.3, -0.25) is 19.2 Å². The number of nitrogens with one attached hydrogen (secondary N) is 3. The summed E-state index contributed by atoms with van der Waals surface area (Å²) in [5, 5.41) is 8.57. The van der Waals surface area contributed by atoms with Gasteiger partial charge in [0.1, 0.15) is 12.1 Å². The van der Waals surface area contributed by atoms with Crippen LogP contribution in [0.25, 0.3) is 0 Å². The van der Waals surface area contributed by atoms with Crippen molar-refractivity contribution in [2.75, 3.05) is 12.3 Å². The summed E-state index contributed by atoms with van der Waals surface area (Å²) < 4.78 is 25.5. The zero-order valence-electron chi connectivity index (χ0n) is 32.7. The molecule has 0 spiro atoms. The van der Waals surface area contributed by atoms with Crippen molar-refractivity contribution in [3.8, 4) is 0 Å². The van der Waals surface area contributed by atoms with Crippen LogP contribution in [-0.2, 0) is 29.0 Å². The Bertz CT molecular complexity index is 1340. The van der Waals surface area contributed by atoms with Crippen molar-refractivity contribution in [2.24, 2.45) is 28.4 Å². The molecule has 0 aromatic rings. The molecule has 2 aliphatic carbocycles. The maximum Gasteiger partial charge on any atom is 0.315 e. The second kappa shape index (κ2) is 17.9. The molecule has 296 valence electrons. The normalized spacial score (nSPS) is 23.2. The Kier molecular flexibility index (Phi) is 16.2. The number of likely N-dealkylation sites (tertiary alicyclic amines) is 1. The van der Waals surface area contributed by atoms with Crippen LogP contribution in [0, 0.1) is 22.7 Å². The third kappa shape index (κ3) is 11.4. The minimum absolute atomic E-state index is 0. The number of unbranched alkanes of at least 4 members (excludes halogenated alkanes) is 2. The molecule has 1 heterocycles. The molecule has 1 saturated heterocycles. The number of carbonyl (C=O) groups excluding carboxylic acids is 5. The Morgan fingerprint density at radius 2 is 1.43 bits per heavy atom. The van der Waals surface area contributed by atoms with Crippen LogP contribution in [0.2, 0.25) is 0 Å². The molecule has 1 aliphatic heterocycles. The minimum Gasteiger partial charge on any atom is -0.363 e. The summed E-state index contributed by atoms with van der Waals surface area (Å²) in [5.41, 5.74) is 3.34. The SMILES string of the molecule is C.CCCC.CCCC[C@H](NC(=O)[C@@H]1[C@@H]2[C@H](CN1C(=O)[C@@H](NC(=O)NC1(CS(=O)(=O)C(C)(C)C)CCCCC1)C(C)(C)C)C2(C)C)C(=O)C(N)=O. The lowest BCUT2D eigenvalue weighted by atomic mass is 9.83. The van der Waals surface area contributed by atoms with Crippen LogP contribution < -0.4 is 21.7 Å². The highest BCUT2D eigenvalue weighted by atomic mass is 32.2. The molecule has 2 saturated carbocycles. The van der Waals surface area contributed by atoms with E-state index in [1.165, 1.54) is 17.7 Å². The van der Waals surface area contributed by atoms with Gasteiger partial charge in [-0.05, 0) is 62.7 Å². The Balaban J connectivity index is 0.00000246. The zero-order valence-corrected chi connectivity index (χ0v) is 33.5. The van der Waals surface area contributed by atoms with E-state index >= 15 is 0 Å². The number of piperidine rings is 1. The van der Waals surface area contributed by atoms with E-state index in [-0.39, 0.29) is 36.9 Å². The van der Waals surface area contributed by atoms with Crippen molar-refractivity contribution in [1.82, 2.24) is 20.9 Å². The molecule has 0 radical (unpaired) electrons. The van der Waals surface area contributed by atoms with Gasteiger partial charge in [-0.25, -0.2) is 13.2 Å². The molecule has 5 atom stereocenters. The first kappa shape index (κ1) is 46.3. The fourth-order valence-corrected chi connectivity index (χ4v) is 8.78. The van der Waals surface area contributed by atoms with Gasteiger partial charge < -0.3 is 26.6 Å². The zero-order chi connectivity index (χ0) is 38.5. The number of hydrogen-bond acceptors (Lipinski definition) is 7. The van der Waals surface area contributed by atoms with Crippen molar-refractivity contribution in [3.63, 3.8) is 0 Å². The molecule has 5 N–H and O–H groups in total. The van der Waals surface area contributed by atoms with Crippen LogP contribution >= 0.6 is 0 Å². The number of urea groups is 1. The predicted octanol–water partition coefficient (Wildman–Crippen LogP) is 5.27. The van der Waals surface area contributed by atoms with Crippen LogP contribution in [0.1, 0.15) is 148 Å². The number of sulfone groups is 1.